The van der Waals surface area contributed by atoms with Crippen molar-refractivity contribution in [3.63, 3.8) is 0 Å². The van der Waals surface area contributed by atoms with Crippen LogP contribution in [0.25, 0.3) is 0 Å². The van der Waals surface area contributed by atoms with Crippen LogP contribution in [0.1, 0.15) is 11.7 Å². The first-order chi connectivity index (χ1) is 4.75. The second-order valence-electron chi connectivity index (χ2n) is 2.17. The van der Waals surface area contributed by atoms with E-state index in [4.69, 9.17) is 10.8 Å². The Hall–Kier alpha value is -0.870. The molecule has 1 heterocycles. The molecule has 0 aliphatic heterocycles. The zero-order valence-electron chi connectivity index (χ0n) is 5.86. The van der Waals surface area contributed by atoms with E-state index in [0.29, 0.717) is 0 Å². The summed E-state index contributed by atoms with van der Waals surface area (Å²) in [5.74, 6) is 0. The van der Waals surface area contributed by atoms with Crippen LogP contribution in [0.5, 0.6) is 0 Å². The van der Waals surface area contributed by atoms with Crippen molar-refractivity contribution in [2.75, 3.05) is 6.61 Å². The zero-order valence-corrected chi connectivity index (χ0v) is 5.86. The molecule has 1 aromatic rings. The smallest absolute Gasteiger partial charge is 0.0701 e. The molecule has 4 heteroatoms. The maximum atomic E-state index is 8.66. The van der Waals surface area contributed by atoms with Gasteiger partial charge in [0.1, 0.15) is 0 Å². The van der Waals surface area contributed by atoms with Gasteiger partial charge in [0.15, 0.2) is 0 Å². The molecule has 1 rings (SSSR count). The molecule has 0 saturated heterocycles. The van der Waals surface area contributed by atoms with Crippen LogP contribution in [0.3, 0.4) is 0 Å². The van der Waals surface area contributed by atoms with E-state index in [-0.39, 0.29) is 12.6 Å². The number of hydrogen-bond donors (Lipinski definition) is 2. The number of aliphatic hydroxyl groups is 1. The molecule has 0 aliphatic carbocycles. The fourth-order valence-corrected chi connectivity index (χ4v) is 0.841. The molecule has 0 saturated carbocycles. The van der Waals surface area contributed by atoms with Crippen molar-refractivity contribution in [1.82, 2.24) is 9.78 Å². The molecule has 3 N–H and O–H groups in total. The summed E-state index contributed by atoms with van der Waals surface area (Å²) in [6.07, 6.45) is 1.66. The van der Waals surface area contributed by atoms with Crippen LogP contribution in [0.4, 0.5) is 0 Å². The van der Waals surface area contributed by atoms with Gasteiger partial charge in [0, 0.05) is 13.2 Å². The van der Waals surface area contributed by atoms with Crippen LogP contribution in [0.15, 0.2) is 12.3 Å². The van der Waals surface area contributed by atoms with E-state index >= 15 is 0 Å². The second-order valence-corrected chi connectivity index (χ2v) is 2.17. The summed E-state index contributed by atoms with van der Waals surface area (Å²) in [4.78, 5) is 0. The molecule has 0 aliphatic rings. The normalized spacial score (nSPS) is 13.5. The minimum absolute atomic E-state index is 0.0421. The Morgan fingerprint density at radius 2 is 2.60 bits per heavy atom. The third-order valence-corrected chi connectivity index (χ3v) is 1.44. The number of aryl methyl sites for hydroxylation is 1. The number of aliphatic hydroxyl groups excluding tert-OH is 1. The molecule has 0 amide bonds. The minimum Gasteiger partial charge on any atom is -0.394 e. The molecule has 1 atom stereocenters. The highest BCUT2D eigenvalue weighted by atomic mass is 16.3. The zero-order chi connectivity index (χ0) is 7.56. The maximum absolute atomic E-state index is 8.66. The van der Waals surface area contributed by atoms with Crippen LogP contribution in [0.2, 0.25) is 0 Å². The van der Waals surface area contributed by atoms with Crippen molar-refractivity contribution in [2.45, 2.75) is 6.04 Å². The number of rotatable bonds is 2. The van der Waals surface area contributed by atoms with Gasteiger partial charge in [0.05, 0.1) is 18.3 Å². The fourth-order valence-electron chi connectivity index (χ4n) is 0.841. The van der Waals surface area contributed by atoms with E-state index in [1.54, 1.807) is 24.0 Å². The van der Waals surface area contributed by atoms with E-state index in [1.807, 2.05) is 0 Å². The molecule has 0 unspecified atom stereocenters. The summed E-state index contributed by atoms with van der Waals surface area (Å²) in [6, 6.07) is 1.48. The van der Waals surface area contributed by atoms with Gasteiger partial charge in [0.2, 0.25) is 0 Å². The molecular formula is C6H11N3O. The van der Waals surface area contributed by atoms with Gasteiger partial charge in [-0.15, -0.1) is 0 Å². The highest BCUT2D eigenvalue weighted by Crippen LogP contribution is 2.05. The van der Waals surface area contributed by atoms with Crippen LogP contribution in [-0.2, 0) is 7.05 Å². The molecule has 4 nitrogen and oxygen atoms in total. The quantitative estimate of drug-likeness (QED) is 0.578. The Labute approximate surface area is 59.3 Å². The molecule has 0 bridgehead atoms. The average molecular weight is 141 g/mol. The number of hydrogen-bond acceptors (Lipinski definition) is 3. The van der Waals surface area contributed by atoms with Crippen LogP contribution in [-0.4, -0.2) is 21.5 Å². The Kier molecular flexibility index (Phi) is 2.03. The maximum Gasteiger partial charge on any atom is 0.0701 e. The van der Waals surface area contributed by atoms with E-state index in [1.165, 1.54) is 0 Å². The lowest BCUT2D eigenvalue weighted by atomic mass is 10.2. The Balaban J connectivity index is 2.82. The number of aromatic nitrogens is 2. The van der Waals surface area contributed by atoms with Gasteiger partial charge in [0.25, 0.3) is 0 Å². The predicted molar refractivity (Wildman–Crippen MR) is 37.2 cm³/mol. The van der Waals surface area contributed by atoms with Crippen molar-refractivity contribution in [3.05, 3.63) is 18.0 Å². The molecular weight excluding hydrogens is 130 g/mol. The standard InChI is InChI=1S/C6H11N3O/c1-9-6(2-3-8-9)5(7)4-10/h2-3,5,10H,4,7H2,1H3/t5-/m0/s1. The van der Waals surface area contributed by atoms with Gasteiger partial charge in [-0.1, -0.05) is 0 Å². The summed E-state index contributed by atoms with van der Waals surface area (Å²) < 4.78 is 1.65. The fraction of sp³-hybridized carbons (Fsp3) is 0.500. The van der Waals surface area contributed by atoms with Crippen LogP contribution < -0.4 is 5.73 Å². The topological polar surface area (TPSA) is 64.1 Å². The minimum atomic E-state index is -0.313. The van der Waals surface area contributed by atoms with Gasteiger partial charge in [-0.2, -0.15) is 5.10 Å². The molecule has 0 aromatic carbocycles. The first kappa shape index (κ1) is 7.24. The number of nitrogens with zero attached hydrogens (tertiary/aromatic N) is 2. The SMILES string of the molecule is Cn1nccc1[C@@H](N)CO. The van der Waals surface area contributed by atoms with Gasteiger partial charge in [-0.3, -0.25) is 4.68 Å². The first-order valence-corrected chi connectivity index (χ1v) is 3.10. The molecule has 0 radical (unpaired) electrons. The summed E-state index contributed by atoms with van der Waals surface area (Å²) in [6.45, 7) is -0.0421. The lowest BCUT2D eigenvalue weighted by molar-refractivity contribution is 0.263. The lowest BCUT2D eigenvalue weighted by Gasteiger charge is -2.06. The van der Waals surface area contributed by atoms with Crippen molar-refractivity contribution in [1.29, 1.82) is 0 Å². The van der Waals surface area contributed by atoms with Gasteiger partial charge in [-0.25, -0.2) is 0 Å². The van der Waals surface area contributed by atoms with Crippen molar-refractivity contribution >= 4 is 0 Å². The largest absolute Gasteiger partial charge is 0.394 e. The van der Waals surface area contributed by atoms with E-state index < -0.39 is 0 Å². The summed E-state index contributed by atoms with van der Waals surface area (Å²) >= 11 is 0. The van der Waals surface area contributed by atoms with Crippen molar-refractivity contribution in [2.24, 2.45) is 12.8 Å². The Bertz CT molecular complexity index is 209. The first-order valence-electron chi connectivity index (χ1n) is 3.10. The third-order valence-electron chi connectivity index (χ3n) is 1.44. The average Bonchev–Trinajstić information content (AvgIpc) is 2.34. The van der Waals surface area contributed by atoms with Gasteiger partial charge >= 0.3 is 0 Å². The summed E-state index contributed by atoms with van der Waals surface area (Å²) in [7, 11) is 1.80. The second kappa shape index (κ2) is 2.81. The molecule has 10 heavy (non-hydrogen) atoms. The molecule has 56 valence electrons. The lowest BCUT2D eigenvalue weighted by Crippen LogP contribution is -2.17. The highest BCUT2D eigenvalue weighted by molar-refractivity contribution is 5.05. The van der Waals surface area contributed by atoms with Crippen LogP contribution >= 0.6 is 0 Å². The molecule has 0 spiro atoms. The molecule has 1 aromatic heterocycles. The highest BCUT2D eigenvalue weighted by Gasteiger charge is 2.06. The summed E-state index contributed by atoms with van der Waals surface area (Å²) in [5, 5.41) is 12.6. The Morgan fingerprint density at radius 3 is 3.00 bits per heavy atom. The van der Waals surface area contributed by atoms with E-state index in [0.717, 1.165) is 5.69 Å². The monoisotopic (exact) mass is 141 g/mol. The van der Waals surface area contributed by atoms with Crippen molar-refractivity contribution in [3.8, 4) is 0 Å². The predicted octanol–water partition coefficient (Wildman–Crippen LogP) is -0.588. The van der Waals surface area contributed by atoms with Crippen LogP contribution in [0, 0.1) is 0 Å². The van der Waals surface area contributed by atoms with Gasteiger partial charge in [-0.05, 0) is 6.07 Å². The van der Waals surface area contributed by atoms with Crippen molar-refractivity contribution < 1.29 is 5.11 Å². The Morgan fingerprint density at radius 1 is 1.90 bits per heavy atom. The number of nitrogens with two attached hydrogens (primary N) is 1. The van der Waals surface area contributed by atoms with E-state index in [9.17, 15) is 0 Å². The molecule has 0 fully saturated rings. The van der Waals surface area contributed by atoms with Gasteiger partial charge < -0.3 is 10.8 Å². The van der Waals surface area contributed by atoms with E-state index in [2.05, 4.69) is 5.10 Å². The third kappa shape index (κ3) is 1.17. The summed E-state index contributed by atoms with van der Waals surface area (Å²) in [5.41, 5.74) is 6.38.